The molecule has 0 atom stereocenters. The minimum atomic E-state index is 0. The Kier molecular flexibility index (Phi) is 208. The quantitative estimate of drug-likeness (QED) is 0.708. The summed E-state index contributed by atoms with van der Waals surface area (Å²) in [5.41, 5.74) is 9.00. The summed E-state index contributed by atoms with van der Waals surface area (Å²) in [6, 6.07) is 0. The molecule has 88 valence electrons. The number of rotatable bonds is 2. The molecule has 0 amide bonds. The maximum Gasteiger partial charge on any atom is -0.0195 e. The summed E-state index contributed by atoms with van der Waals surface area (Å²) in [4.78, 5) is 0. The van der Waals surface area contributed by atoms with Gasteiger partial charge < -0.3 is 11.5 Å². The molecule has 0 fully saturated rings. The summed E-state index contributed by atoms with van der Waals surface area (Å²) in [6.45, 7) is 8.67. The first-order valence-corrected chi connectivity index (χ1v) is 4.98. The van der Waals surface area contributed by atoms with Crippen molar-refractivity contribution in [3.05, 3.63) is 0 Å². The van der Waals surface area contributed by atoms with Gasteiger partial charge >= 0.3 is 0 Å². The zero-order chi connectivity index (χ0) is 10.8. The molecule has 0 aliphatic rings. The lowest BCUT2D eigenvalue weighted by Crippen LogP contribution is -1.69. The maximum atomic E-state index is 4.50. The third kappa shape index (κ3) is 318. The van der Waals surface area contributed by atoms with E-state index in [4.69, 9.17) is 0 Å². The number of unbranched alkanes of at least 4 members (excludes halogenated alkanes) is 2. The van der Waals surface area contributed by atoms with E-state index < -0.39 is 0 Å². The Hall–Kier alpha value is -0.0800. The molecule has 2 nitrogen and oxygen atoms in total. The highest BCUT2D eigenvalue weighted by Gasteiger charge is 1.68. The van der Waals surface area contributed by atoms with Gasteiger partial charge in [-0.3, -0.25) is 0 Å². The van der Waals surface area contributed by atoms with Crippen LogP contribution in [0.4, 0.5) is 0 Å². The molecule has 0 rings (SSSR count). The Balaban J connectivity index is -0.0000000235. The standard InChI is InChI=1S/C5H12.C3H8.2CH5N.CH4/c1-3-5-4-2;1-3-2;2*1-2;/h3-5H2,1-2H3;3H2,1-2H3;2*2H2,1H3;1H4. The topological polar surface area (TPSA) is 52.0 Å². The second kappa shape index (κ2) is 92.5. The molecule has 0 spiro atoms. The molecule has 0 heterocycles. The third-order valence-electron chi connectivity index (χ3n) is 0.707. The van der Waals surface area contributed by atoms with Crippen LogP contribution in [-0.4, -0.2) is 14.1 Å². The van der Waals surface area contributed by atoms with Gasteiger partial charge in [-0.2, -0.15) is 0 Å². The molecule has 0 aromatic rings. The van der Waals surface area contributed by atoms with Crippen molar-refractivity contribution in [2.75, 3.05) is 14.1 Å². The van der Waals surface area contributed by atoms with Crippen molar-refractivity contribution in [2.24, 2.45) is 11.5 Å². The van der Waals surface area contributed by atoms with Crippen LogP contribution in [0.5, 0.6) is 0 Å². The maximum absolute atomic E-state index is 4.50. The predicted octanol–water partition coefficient (Wildman–Crippen LogP) is 3.40. The normalized spacial score (nSPS) is 5.54. The van der Waals surface area contributed by atoms with E-state index in [2.05, 4.69) is 39.2 Å². The monoisotopic (exact) mass is 194 g/mol. The van der Waals surface area contributed by atoms with Gasteiger partial charge in [-0.15, -0.1) is 0 Å². The molecule has 0 saturated heterocycles. The molecule has 13 heavy (non-hydrogen) atoms. The second-order valence-electron chi connectivity index (χ2n) is 2.06. The van der Waals surface area contributed by atoms with Crippen LogP contribution in [0.1, 0.15) is 60.8 Å². The Morgan fingerprint density at radius 2 is 0.846 bits per heavy atom. The highest BCUT2D eigenvalue weighted by Crippen LogP contribution is 1.88. The Morgan fingerprint density at radius 1 is 0.692 bits per heavy atom. The van der Waals surface area contributed by atoms with Gasteiger partial charge in [-0.25, -0.2) is 0 Å². The second-order valence-corrected chi connectivity index (χ2v) is 2.06. The lowest BCUT2D eigenvalue weighted by Gasteiger charge is -1.79. The van der Waals surface area contributed by atoms with Crippen LogP contribution in [0.2, 0.25) is 0 Å². The number of hydrogen-bond donors (Lipinski definition) is 2. The molecule has 0 aromatic carbocycles. The molecule has 0 aliphatic heterocycles. The average molecular weight is 194 g/mol. The van der Waals surface area contributed by atoms with E-state index in [0.717, 1.165) is 0 Å². The summed E-state index contributed by atoms with van der Waals surface area (Å²) in [6.07, 6.45) is 5.33. The molecule has 0 saturated carbocycles. The molecular weight excluding hydrogens is 160 g/mol. The van der Waals surface area contributed by atoms with E-state index >= 15 is 0 Å². The minimum absolute atomic E-state index is 0. The van der Waals surface area contributed by atoms with Crippen LogP contribution in [0.25, 0.3) is 0 Å². The van der Waals surface area contributed by atoms with Crippen molar-refractivity contribution in [2.45, 2.75) is 60.8 Å². The van der Waals surface area contributed by atoms with Crippen molar-refractivity contribution >= 4 is 0 Å². The average Bonchev–Trinajstić information content (AvgIpc) is 2.14. The van der Waals surface area contributed by atoms with Crippen LogP contribution in [0, 0.1) is 0 Å². The summed E-state index contributed by atoms with van der Waals surface area (Å²) < 4.78 is 0. The van der Waals surface area contributed by atoms with Crippen LogP contribution in [0.15, 0.2) is 0 Å². The molecular formula is C11H34N2. The van der Waals surface area contributed by atoms with Crippen LogP contribution in [-0.2, 0) is 0 Å². The summed E-state index contributed by atoms with van der Waals surface area (Å²) in [5.74, 6) is 0. The first-order valence-electron chi connectivity index (χ1n) is 4.98. The summed E-state index contributed by atoms with van der Waals surface area (Å²) in [7, 11) is 3.00. The smallest absolute Gasteiger partial charge is 0.0195 e. The highest BCUT2D eigenvalue weighted by atomic mass is 14.4. The predicted molar refractivity (Wildman–Crippen MR) is 68.1 cm³/mol. The van der Waals surface area contributed by atoms with Crippen LogP contribution in [0.3, 0.4) is 0 Å². The van der Waals surface area contributed by atoms with Gasteiger partial charge in [0, 0.05) is 0 Å². The van der Waals surface area contributed by atoms with Gasteiger partial charge in [0.2, 0.25) is 0 Å². The van der Waals surface area contributed by atoms with Gasteiger partial charge in [0.05, 0.1) is 0 Å². The Morgan fingerprint density at radius 3 is 0.846 bits per heavy atom. The van der Waals surface area contributed by atoms with E-state index in [1.54, 1.807) is 0 Å². The fourth-order valence-corrected chi connectivity index (χ4v) is 0.354. The van der Waals surface area contributed by atoms with E-state index in [1.165, 1.54) is 39.8 Å². The van der Waals surface area contributed by atoms with E-state index in [1.807, 2.05) is 0 Å². The lowest BCUT2D eigenvalue weighted by molar-refractivity contribution is 0.772. The fourth-order valence-electron chi connectivity index (χ4n) is 0.354. The lowest BCUT2D eigenvalue weighted by atomic mass is 10.3. The molecule has 2 heteroatoms. The van der Waals surface area contributed by atoms with Gasteiger partial charge in [0.25, 0.3) is 0 Å². The van der Waals surface area contributed by atoms with Gasteiger partial charge in [-0.05, 0) is 14.1 Å². The van der Waals surface area contributed by atoms with E-state index in [0.29, 0.717) is 0 Å². The van der Waals surface area contributed by atoms with Crippen molar-refractivity contribution in [1.82, 2.24) is 0 Å². The van der Waals surface area contributed by atoms with Crippen LogP contribution >= 0.6 is 0 Å². The first kappa shape index (κ1) is 29.3. The van der Waals surface area contributed by atoms with Gasteiger partial charge in [0.1, 0.15) is 0 Å². The molecule has 0 radical (unpaired) electrons. The zero-order valence-corrected chi connectivity index (χ0v) is 9.98. The Bertz CT molecular complexity index is 22.1. The van der Waals surface area contributed by atoms with Crippen molar-refractivity contribution in [1.29, 1.82) is 0 Å². The van der Waals surface area contributed by atoms with E-state index in [9.17, 15) is 0 Å². The molecule has 0 bridgehead atoms. The van der Waals surface area contributed by atoms with Crippen molar-refractivity contribution < 1.29 is 0 Å². The van der Waals surface area contributed by atoms with Gasteiger partial charge in [0.15, 0.2) is 0 Å². The molecule has 0 unspecified atom stereocenters. The molecule has 0 aliphatic carbocycles. The summed E-state index contributed by atoms with van der Waals surface area (Å²) in [5, 5.41) is 0. The largest absolute Gasteiger partial charge is 0.333 e. The van der Waals surface area contributed by atoms with E-state index in [-0.39, 0.29) is 7.43 Å². The zero-order valence-electron chi connectivity index (χ0n) is 9.98. The molecule has 4 N–H and O–H groups in total. The number of hydrogen-bond acceptors (Lipinski definition) is 2. The summed E-state index contributed by atoms with van der Waals surface area (Å²) >= 11 is 0. The SMILES string of the molecule is C.CCC.CCCCC.CN.CN. The molecule has 0 aromatic heterocycles. The number of nitrogens with two attached hydrogens (primary N) is 2. The fraction of sp³-hybridized carbons (Fsp3) is 1.00. The van der Waals surface area contributed by atoms with Gasteiger partial charge in [-0.1, -0.05) is 60.8 Å². The highest BCUT2D eigenvalue weighted by molar-refractivity contribution is 4.24. The van der Waals surface area contributed by atoms with Crippen LogP contribution < -0.4 is 11.5 Å². The Labute approximate surface area is 87.1 Å². The first-order chi connectivity index (χ1) is 5.83. The minimum Gasteiger partial charge on any atom is -0.333 e. The third-order valence-corrected chi connectivity index (χ3v) is 0.707. The van der Waals surface area contributed by atoms with Crippen molar-refractivity contribution in [3.8, 4) is 0 Å². The van der Waals surface area contributed by atoms with Crippen molar-refractivity contribution in [3.63, 3.8) is 0 Å².